The molecular weight excluding hydrogens is 443 g/mol. The van der Waals surface area contributed by atoms with Gasteiger partial charge in [0.05, 0.1) is 36.8 Å². The van der Waals surface area contributed by atoms with E-state index in [9.17, 15) is 9.18 Å². The summed E-state index contributed by atoms with van der Waals surface area (Å²) >= 11 is 0. The summed E-state index contributed by atoms with van der Waals surface area (Å²) < 4.78 is 25.3. The minimum Gasteiger partial charge on any atom is -0.480 e. The molecule has 1 saturated heterocycles. The van der Waals surface area contributed by atoms with Crippen molar-refractivity contribution in [3.05, 3.63) is 42.5 Å². The van der Waals surface area contributed by atoms with Gasteiger partial charge in [0.1, 0.15) is 11.6 Å². The zero-order valence-electron chi connectivity index (χ0n) is 18.6. The first-order valence-corrected chi connectivity index (χ1v) is 10.8. The van der Waals surface area contributed by atoms with Crippen LogP contribution in [0.2, 0.25) is 0 Å². The third-order valence-electron chi connectivity index (χ3n) is 5.37. The monoisotopic (exact) mass is 466 g/mol. The molecule has 0 aromatic carbocycles. The van der Waals surface area contributed by atoms with E-state index < -0.39 is 5.82 Å². The van der Waals surface area contributed by atoms with Crippen molar-refractivity contribution in [1.82, 2.24) is 19.9 Å². The lowest BCUT2D eigenvalue weighted by Crippen LogP contribution is -2.47. The largest absolute Gasteiger partial charge is 0.480 e. The fourth-order valence-corrected chi connectivity index (χ4v) is 3.65. The van der Waals surface area contributed by atoms with Gasteiger partial charge in [0.25, 0.3) is 5.91 Å². The van der Waals surface area contributed by atoms with E-state index in [0.717, 1.165) is 18.6 Å². The molecule has 1 fully saturated rings. The highest BCUT2D eigenvalue weighted by Crippen LogP contribution is 2.28. The van der Waals surface area contributed by atoms with Crippen LogP contribution < -0.4 is 25.6 Å². The molecular formula is C22H23FN8O3. The van der Waals surface area contributed by atoms with Crippen molar-refractivity contribution in [2.45, 2.75) is 26.0 Å². The summed E-state index contributed by atoms with van der Waals surface area (Å²) in [4.78, 5) is 30.7. The number of carbonyl (C=O) groups excluding carboxylic acids is 1. The molecule has 34 heavy (non-hydrogen) atoms. The van der Waals surface area contributed by atoms with Crippen LogP contribution in [0.4, 0.5) is 39.3 Å². The number of hydrogen-bond acceptors (Lipinski definition) is 10. The van der Waals surface area contributed by atoms with Crippen molar-refractivity contribution in [1.29, 1.82) is 0 Å². The first-order chi connectivity index (χ1) is 16.4. The second kappa shape index (κ2) is 9.06. The van der Waals surface area contributed by atoms with Crippen molar-refractivity contribution in [3.8, 4) is 5.75 Å². The number of morpholine rings is 1. The van der Waals surface area contributed by atoms with E-state index in [-0.39, 0.29) is 48.1 Å². The Morgan fingerprint density at radius 1 is 1.12 bits per heavy atom. The predicted octanol–water partition coefficient (Wildman–Crippen LogP) is 2.84. The maximum Gasteiger partial charge on any atom is 0.263 e. The fraction of sp³-hybridized carbons (Fsp3) is 0.318. The number of anilines is 6. The number of carbonyl (C=O) groups is 1. The van der Waals surface area contributed by atoms with Gasteiger partial charge in [-0.25, -0.2) is 19.3 Å². The standard InChI is InChI=1S/C22H23FN8O3/c1-12-10-33-13(2)9-31(12)18-6-3-14(7-24-18)26-22-25-8-15(23)20(30-22)27-17-5-4-16-21(28-17)29-19(32)11-34-16/h3-8,12-13H,9-11H2,1-2H3,(H3,25,26,27,28,29,30,32)/t12-,13-/m0/s1. The molecule has 2 aliphatic heterocycles. The van der Waals surface area contributed by atoms with E-state index >= 15 is 0 Å². The molecule has 0 spiro atoms. The second-order valence-corrected chi connectivity index (χ2v) is 8.07. The molecule has 5 rings (SSSR count). The predicted molar refractivity (Wildman–Crippen MR) is 123 cm³/mol. The Morgan fingerprint density at radius 3 is 2.82 bits per heavy atom. The normalized spacial score (nSPS) is 19.6. The van der Waals surface area contributed by atoms with Gasteiger partial charge in [0, 0.05) is 6.54 Å². The number of halogens is 1. The highest BCUT2D eigenvalue weighted by molar-refractivity contribution is 5.94. The molecule has 3 aromatic rings. The summed E-state index contributed by atoms with van der Waals surface area (Å²) in [6.07, 6.45) is 2.87. The van der Waals surface area contributed by atoms with Gasteiger partial charge in [0.2, 0.25) is 5.95 Å². The molecule has 176 valence electrons. The SMILES string of the molecule is C[C@H]1CN(c2ccc(Nc3ncc(F)c(Nc4ccc5c(n4)NC(=O)CO5)n3)cn2)[C@@H](C)CO1. The molecule has 12 heteroatoms. The number of amides is 1. The Labute approximate surface area is 194 Å². The number of ether oxygens (including phenoxy) is 2. The summed E-state index contributed by atoms with van der Waals surface area (Å²) in [5.74, 6) is 0.966. The Balaban J connectivity index is 1.29. The fourth-order valence-electron chi connectivity index (χ4n) is 3.65. The first kappa shape index (κ1) is 21.8. The highest BCUT2D eigenvalue weighted by Gasteiger charge is 2.24. The summed E-state index contributed by atoms with van der Waals surface area (Å²) in [7, 11) is 0. The second-order valence-electron chi connectivity index (χ2n) is 8.07. The molecule has 0 saturated carbocycles. The molecule has 0 unspecified atom stereocenters. The van der Waals surface area contributed by atoms with Gasteiger partial charge in [-0.15, -0.1) is 0 Å². The topological polar surface area (TPSA) is 126 Å². The van der Waals surface area contributed by atoms with Crippen LogP contribution in [0.3, 0.4) is 0 Å². The number of aromatic nitrogens is 4. The van der Waals surface area contributed by atoms with Crippen LogP contribution >= 0.6 is 0 Å². The molecule has 0 bridgehead atoms. The van der Waals surface area contributed by atoms with E-state index in [1.807, 2.05) is 19.1 Å². The van der Waals surface area contributed by atoms with E-state index in [1.54, 1.807) is 18.3 Å². The van der Waals surface area contributed by atoms with E-state index in [1.165, 1.54) is 0 Å². The number of nitrogens with zero attached hydrogens (tertiary/aromatic N) is 5. The number of hydrogen-bond donors (Lipinski definition) is 3. The Bertz CT molecular complexity index is 1210. The zero-order chi connectivity index (χ0) is 23.7. The Kier molecular flexibility index (Phi) is 5.80. The smallest absolute Gasteiger partial charge is 0.263 e. The molecule has 3 N–H and O–H groups in total. The average Bonchev–Trinajstić information content (AvgIpc) is 2.83. The van der Waals surface area contributed by atoms with Gasteiger partial charge in [-0.2, -0.15) is 4.98 Å². The lowest BCUT2D eigenvalue weighted by atomic mass is 10.2. The molecule has 0 radical (unpaired) electrons. The van der Waals surface area contributed by atoms with E-state index in [2.05, 4.69) is 47.7 Å². The quantitative estimate of drug-likeness (QED) is 0.517. The molecule has 2 atom stereocenters. The van der Waals surface area contributed by atoms with Gasteiger partial charge in [0.15, 0.2) is 29.8 Å². The first-order valence-electron chi connectivity index (χ1n) is 10.8. The van der Waals surface area contributed by atoms with Crippen LogP contribution in [0.5, 0.6) is 5.75 Å². The maximum atomic E-state index is 14.4. The van der Waals surface area contributed by atoms with Gasteiger partial charge in [-0.1, -0.05) is 0 Å². The van der Waals surface area contributed by atoms with Crippen LogP contribution in [-0.4, -0.2) is 57.7 Å². The van der Waals surface area contributed by atoms with Crippen LogP contribution in [0, 0.1) is 5.82 Å². The summed E-state index contributed by atoms with van der Waals surface area (Å²) in [5.41, 5.74) is 0.655. The number of rotatable bonds is 5. The van der Waals surface area contributed by atoms with Crippen molar-refractivity contribution >= 4 is 40.8 Å². The summed E-state index contributed by atoms with van der Waals surface area (Å²) in [5, 5.41) is 8.44. The van der Waals surface area contributed by atoms with Gasteiger partial charge >= 0.3 is 0 Å². The average molecular weight is 466 g/mol. The van der Waals surface area contributed by atoms with E-state index in [4.69, 9.17) is 9.47 Å². The summed E-state index contributed by atoms with van der Waals surface area (Å²) in [6, 6.07) is 7.23. The Morgan fingerprint density at radius 2 is 2.00 bits per heavy atom. The number of nitrogens with one attached hydrogen (secondary N) is 3. The molecule has 0 aliphatic carbocycles. The van der Waals surface area contributed by atoms with Crippen molar-refractivity contribution in [3.63, 3.8) is 0 Å². The highest BCUT2D eigenvalue weighted by atomic mass is 19.1. The van der Waals surface area contributed by atoms with Crippen molar-refractivity contribution in [2.75, 3.05) is 40.6 Å². The minimum atomic E-state index is -0.658. The molecule has 3 aromatic heterocycles. The molecule has 1 amide bonds. The Hall–Kier alpha value is -4.06. The lowest BCUT2D eigenvalue weighted by molar-refractivity contribution is -0.118. The van der Waals surface area contributed by atoms with Crippen LogP contribution in [0.1, 0.15) is 13.8 Å². The van der Waals surface area contributed by atoms with Gasteiger partial charge in [-0.05, 0) is 38.1 Å². The molecule has 11 nitrogen and oxygen atoms in total. The lowest BCUT2D eigenvalue weighted by Gasteiger charge is -2.37. The molecule has 5 heterocycles. The third-order valence-corrected chi connectivity index (χ3v) is 5.37. The van der Waals surface area contributed by atoms with Gasteiger partial charge < -0.3 is 30.3 Å². The van der Waals surface area contributed by atoms with Crippen LogP contribution in [-0.2, 0) is 9.53 Å². The van der Waals surface area contributed by atoms with Crippen molar-refractivity contribution < 1.29 is 18.7 Å². The maximum absolute atomic E-state index is 14.4. The molecule has 2 aliphatic rings. The van der Waals surface area contributed by atoms with Crippen LogP contribution in [0.25, 0.3) is 0 Å². The number of fused-ring (bicyclic) bond motifs is 1. The minimum absolute atomic E-state index is 0.0720. The van der Waals surface area contributed by atoms with Crippen molar-refractivity contribution in [2.24, 2.45) is 0 Å². The zero-order valence-corrected chi connectivity index (χ0v) is 18.6. The third kappa shape index (κ3) is 4.66. The van der Waals surface area contributed by atoms with Crippen LogP contribution in [0.15, 0.2) is 36.7 Å². The van der Waals surface area contributed by atoms with E-state index in [0.29, 0.717) is 18.0 Å². The van der Waals surface area contributed by atoms with Gasteiger partial charge in [-0.3, -0.25) is 4.79 Å². The number of pyridine rings is 2. The summed E-state index contributed by atoms with van der Waals surface area (Å²) in [6.45, 7) is 5.48.